The van der Waals surface area contributed by atoms with Gasteiger partial charge in [0.1, 0.15) is 5.69 Å². The molecule has 2 rings (SSSR count). The number of nitrogens with two attached hydrogens (primary N) is 1. The van der Waals surface area contributed by atoms with E-state index in [-0.39, 0.29) is 11.4 Å². The summed E-state index contributed by atoms with van der Waals surface area (Å²) in [5.74, 6) is -1.29. The molecule has 1 aliphatic rings. The Morgan fingerprint density at radius 1 is 1.22 bits per heavy atom. The lowest BCUT2D eigenvalue weighted by Crippen LogP contribution is -2.29. The number of nitrogens with zero attached hydrogens (tertiary/aromatic N) is 1. The molecular formula is C13H18F2N2O. The highest BCUT2D eigenvalue weighted by molar-refractivity contribution is 5.56. The summed E-state index contributed by atoms with van der Waals surface area (Å²) in [5, 5.41) is 9.97. The summed E-state index contributed by atoms with van der Waals surface area (Å²) in [6.07, 6.45) is 1.84. The quantitative estimate of drug-likeness (QED) is 0.758. The molecule has 1 heterocycles. The molecule has 3 nitrogen and oxygen atoms in total. The minimum atomic E-state index is -0.754. The lowest BCUT2D eigenvalue weighted by Gasteiger charge is -2.25. The molecule has 1 aromatic rings. The number of aliphatic hydroxyl groups is 1. The molecule has 3 N–H and O–H groups in total. The average molecular weight is 256 g/mol. The fraction of sp³-hybridized carbons (Fsp3) is 0.538. The van der Waals surface area contributed by atoms with E-state index >= 15 is 0 Å². The van der Waals surface area contributed by atoms with Crippen LogP contribution in [0.15, 0.2) is 12.1 Å². The first-order chi connectivity index (χ1) is 8.39. The number of hydrogen-bond acceptors (Lipinski definition) is 3. The Bertz CT molecular complexity index is 426. The zero-order valence-electron chi connectivity index (χ0n) is 10.4. The normalized spacial score (nSPS) is 25.0. The van der Waals surface area contributed by atoms with Crippen molar-refractivity contribution in [2.75, 3.05) is 23.7 Å². The largest absolute Gasteiger partial charge is 0.399 e. The molecule has 100 valence electrons. The maximum atomic E-state index is 13.8. The van der Waals surface area contributed by atoms with Gasteiger partial charge in [-0.25, -0.2) is 8.78 Å². The van der Waals surface area contributed by atoms with Crippen molar-refractivity contribution in [3.8, 4) is 0 Å². The molecule has 0 aromatic heterocycles. The summed E-state index contributed by atoms with van der Waals surface area (Å²) in [4.78, 5) is 1.64. The molecule has 5 heteroatoms. The van der Waals surface area contributed by atoms with Gasteiger partial charge in [0.05, 0.1) is 5.60 Å². The molecule has 1 saturated heterocycles. The molecule has 1 aromatic carbocycles. The lowest BCUT2D eigenvalue weighted by molar-refractivity contribution is 0.0481. The average Bonchev–Trinajstić information content (AvgIpc) is 2.39. The summed E-state index contributed by atoms with van der Waals surface area (Å²) in [6.45, 7) is 2.73. The monoisotopic (exact) mass is 256 g/mol. The number of rotatable bonds is 1. The van der Waals surface area contributed by atoms with E-state index < -0.39 is 17.2 Å². The number of anilines is 2. The highest BCUT2D eigenvalue weighted by Gasteiger charge is 2.27. The number of nitrogen functional groups attached to an aromatic ring is 1. The van der Waals surface area contributed by atoms with Crippen LogP contribution in [0.3, 0.4) is 0 Å². The van der Waals surface area contributed by atoms with Crippen molar-refractivity contribution in [2.24, 2.45) is 0 Å². The van der Waals surface area contributed by atoms with Crippen molar-refractivity contribution in [3.05, 3.63) is 23.8 Å². The Morgan fingerprint density at radius 2 is 1.83 bits per heavy atom. The van der Waals surface area contributed by atoms with Crippen LogP contribution >= 0.6 is 0 Å². The summed E-state index contributed by atoms with van der Waals surface area (Å²) in [5.41, 5.74) is 4.68. The Hall–Kier alpha value is -1.36. The van der Waals surface area contributed by atoms with E-state index in [1.165, 1.54) is 0 Å². The number of halogens is 2. The molecule has 0 amide bonds. The van der Waals surface area contributed by atoms with Crippen molar-refractivity contribution in [2.45, 2.75) is 31.8 Å². The lowest BCUT2D eigenvalue weighted by atomic mass is 9.98. The minimum Gasteiger partial charge on any atom is -0.399 e. The Morgan fingerprint density at radius 3 is 2.44 bits per heavy atom. The Balaban J connectivity index is 2.27. The second-order valence-corrected chi connectivity index (χ2v) is 5.17. The van der Waals surface area contributed by atoms with Crippen LogP contribution in [0.4, 0.5) is 20.2 Å². The summed E-state index contributed by atoms with van der Waals surface area (Å²) in [7, 11) is 0. The molecule has 0 spiro atoms. The van der Waals surface area contributed by atoms with Crippen LogP contribution in [0.25, 0.3) is 0 Å². The highest BCUT2D eigenvalue weighted by Crippen LogP contribution is 2.30. The second-order valence-electron chi connectivity index (χ2n) is 5.17. The second kappa shape index (κ2) is 4.72. The van der Waals surface area contributed by atoms with Gasteiger partial charge in [0.25, 0.3) is 0 Å². The fourth-order valence-corrected chi connectivity index (χ4v) is 2.37. The summed E-state index contributed by atoms with van der Waals surface area (Å²) >= 11 is 0. The van der Waals surface area contributed by atoms with Gasteiger partial charge in [0.15, 0.2) is 11.6 Å². The van der Waals surface area contributed by atoms with Gasteiger partial charge < -0.3 is 15.7 Å². The van der Waals surface area contributed by atoms with Gasteiger partial charge in [-0.1, -0.05) is 0 Å². The molecular weight excluding hydrogens is 238 g/mol. The summed E-state index contributed by atoms with van der Waals surface area (Å²) < 4.78 is 27.6. The van der Waals surface area contributed by atoms with Crippen LogP contribution < -0.4 is 10.6 Å². The van der Waals surface area contributed by atoms with Crippen LogP contribution in [0.2, 0.25) is 0 Å². The molecule has 1 fully saturated rings. The maximum absolute atomic E-state index is 13.8. The predicted octanol–water partition coefficient (Wildman–Crippen LogP) is 2.29. The number of hydrogen-bond donors (Lipinski definition) is 2. The van der Waals surface area contributed by atoms with E-state index in [0.717, 1.165) is 12.1 Å². The third-order valence-electron chi connectivity index (χ3n) is 3.42. The van der Waals surface area contributed by atoms with Gasteiger partial charge in [0, 0.05) is 18.8 Å². The van der Waals surface area contributed by atoms with E-state index in [2.05, 4.69) is 0 Å². The smallest absolute Gasteiger partial charge is 0.151 e. The summed E-state index contributed by atoms with van der Waals surface area (Å²) in [6, 6.07) is 2.25. The third-order valence-corrected chi connectivity index (χ3v) is 3.42. The van der Waals surface area contributed by atoms with Gasteiger partial charge in [-0.15, -0.1) is 0 Å². The fourth-order valence-electron chi connectivity index (χ4n) is 2.37. The van der Waals surface area contributed by atoms with Gasteiger partial charge >= 0.3 is 0 Å². The maximum Gasteiger partial charge on any atom is 0.151 e. The molecule has 18 heavy (non-hydrogen) atoms. The Kier molecular flexibility index (Phi) is 3.43. The first-order valence-electron chi connectivity index (χ1n) is 6.11. The predicted molar refractivity (Wildman–Crippen MR) is 67.5 cm³/mol. The minimum absolute atomic E-state index is 0.0399. The van der Waals surface area contributed by atoms with Crippen LogP contribution in [-0.2, 0) is 0 Å². The Labute approximate surface area is 105 Å². The first-order valence-corrected chi connectivity index (χ1v) is 6.11. The first kappa shape index (κ1) is 13.1. The van der Waals surface area contributed by atoms with Gasteiger partial charge in [-0.05, 0) is 38.3 Å². The SMILES string of the molecule is CC1(O)CCCN(c2c(F)cc(N)cc2F)CC1. The van der Waals surface area contributed by atoms with Crippen LogP contribution in [0.5, 0.6) is 0 Å². The zero-order chi connectivity index (χ0) is 13.3. The van der Waals surface area contributed by atoms with Crippen molar-refractivity contribution >= 4 is 11.4 Å². The molecule has 0 saturated carbocycles. The standard InChI is InChI=1S/C13H18F2N2O/c1-13(18)3-2-5-17(6-4-13)12-10(14)7-9(16)8-11(12)15/h7-8,18H,2-6,16H2,1H3. The van der Waals surface area contributed by atoms with Gasteiger partial charge in [0.2, 0.25) is 0 Å². The van der Waals surface area contributed by atoms with Gasteiger partial charge in [-0.3, -0.25) is 0 Å². The van der Waals surface area contributed by atoms with Crippen molar-refractivity contribution < 1.29 is 13.9 Å². The van der Waals surface area contributed by atoms with E-state index in [9.17, 15) is 13.9 Å². The van der Waals surface area contributed by atoms with Crippen molar-refractivity contribution in [1.82, 2.24) is 0 Å². The third kappa shape index (κ3) is 2.72. The molecule has 1 atom stereocenters. The number of benzene rings is 1. The zero-order valence-corrected chi connectivity index (χ0v) is 10.4. The van der Waals surface area contributed by atoms with Crippen LogP contribution in [0.1, 0.15) is 26.2 Å². The van der Waals surface area contributed by atoms with E-state index in [4.69, 9.17) is 5.73 Å². The van der Waals surface area contributed by atoms with E-state index in [0.29, 0.717) is 32.4 Å². The molecule has 0 aliphatic carbocycles. The molecule has 1 unspecified atom stereocenters. The molecule has 1 aliphatic heterocycles. The molecule has 0 radical (unpaired) electrons. The topological polar surface area (TPSA) is 49.5 Å². The van der Waals surface area contributed by atoms with Crippen LogP contribution in [-0.4, -0.2) is 23.8 Å². The van der Waals surface area contributed by atoms with Crippen molar-refractivity contribution in [3.63, 3.8) is 0 Å². The van der Waals surface area contributed by atoms with Crippen molar-refractivity contribution in [1.29, 1.82) is 0 Å². The highest BCUT2D eigenvalue weighted by atomic mass is 19.1. The van der Waals surface area contributed by atoms with E-state index in [1.54, 1.807) is 11.8 Å². The van der Waals surface area contributed by atoms with Crippen LogP contribution in [0, 0.1) is 11.6 Å². The molecule has 0 bridgehead atoms. The van der Waals surface area contributed by atoms with Gasteiger partial charge in [-0.2, -0.15) is 0 Å². The van der Waals surface area contributed by atoms with E-state index in [1.807, 2.05) is 0 Å².